The maximum absolute atomic E-state index is 6.23. The van der Waals surface area contributed by atoms with Crippen molar-refractivity contribution in [1.82, 2.24) is 5.32 Å². The number of benzene rings is 1. The van der Waals surface area contributed by atoms with E-state index in [2.05, 4.69) is 54.2 Å². The molecule has 0 radical (unpaired) electrons. The zero-order valence-electron chi connectivity index (χ0n) is 13.5. The summed E-state index contributed by atoms with van der Waals surface area (Å²) in [5, 5.41) is 3.49. The topological polar surface area (TPSA) is 21.3 Å². The molecule has 1 aromatic rings. The summed E-state index contributed by atoms with van der Waals surface area (Å²) in [4.78, 5) is 0. The van der Waals surface area contributed by atoms with Crippen LogP contribution in [0.4, 0.5) is 0 Å². The van der Waals surface area contributed by atoms with Gasteiger partial charge in [-0.25, -0.2) is 0 Å². The van der Waals surface area contributed by atoms with Gasteiger partial charge in [0.15, 0.2) is 0 Å². The number of hydrogen-bond donors (Lipinski definition) is 1. The average molecular weight is 354 g/mol. The van der Waals surface area contributed by atoms with Crippen molar-refractivity contribution in [1.29, 1.82) is 0 Å². The quantitative estimate of drug-likeness (QED) is 0.757. The molecule has 3 heteroatoms. The Morgan fingerprint density at radius 3 is 2.62 bits per heavy atom. The lowest BCUT2D eigenvalue weighted by Gasteiger charge is -2.23. The minimum Gasteiger partial charge on any atom is -0.493 e. The Bertz CT molecular complexity index is 453. The second kappa shape index (κ2) is 8.19. The van der Waals surface area contributed by atoms with E-state index in [1.54, 1.807) is 0 Å². The third-order valence-corrected chi connectivity index (χ3v) is 4.66. The monoisotopic (exact) mass is 353 g/mol. The van der Waals surface area contributed by atoms with Crippen molar-refractivity contribution in [2.24, 2.45) is 5.92 Å². The summed E-state index contributed by atoms with van der Waals surface area (Å²) in [6.07, 6.45) is 6.80. The summed E-state index contributed by atoms with van der Waals surface area (Å²) in [6.45, 7) is 8.22. The summed E-state index contributed by atoms with van der Waals surface area (Å²) in [5.74, 6) is 1.82. The third kappa shape index (κ3) is 5.30. The van der Waals surface area contributed by atoms with Crippen molar-refractivity contribution < 1.29 is 4.74 Å². The van der Waals surface area contributed by atoms with Gasteiger partial charge >= 0.3 is 0 Å². The first-order valence-electron chi connectivity index (χ1n) is 8.21. The largest absolute Gasteiger partial charge is 0.493 e. The van der Waals surface area contributed by atoms with E-state index in [0.717, 1.165) is 29.3 Å². The molecule has 0 heterocycles. The molecule has 0 spiro atoms. The average Bonchev–Trinajstić information content (AvgIpc) is 2.45. The zero-order valence-corrected chi connectivity index (χ0v) is 15.1. The van der Waals surface area contributed by atoms with Gasteiger partial charge in [-0.1, -0.05) is 49.0 Å². The van der Waals surface area contributed by atoms with Gasteiger partial charge < -0.3 is 10.1 Å². The van der Waals surface area contributed by atoms with Gasteiger partial charge in [0.2, 0.25) is 0 Å². The predicted molar refractivity (Wildman–Crippen MR) is 92.9 cm³/mol. The number of halogens is 1. The highest BCUT2D eigenvalue weighted by Gasteiger charge is 2.16. The lowest BCUT2D eigenvalue weighted by atomic mass is 9.90. The SMILES string of the molecule is Cc1cc(Br)cc(CNC(C)C)c1OCC1CCCCC1. The van der Waals surface area contributed by atoms with E-state index in [9.17, 15) is 0 Å². The van der Waals surface area contributed by atoms with Gasteiger partial charge in [-0.15, -0.1) is 0 Å². The highest BCUT2D eigenvalue weighted by Crippen LogP contribution is 2.30. The Hall–Kier alpha value is -0.540. The van der Waals surface area contributed by atoms with Crippen LogP contribution in [0.3, 0.4) is 0 Å². The van der Waals surface area contributed by atoms with Crippen molar-refractivity contribution in [3.05, 3.63) is 27.7 Å². The van der Waals surface area contributed by atoms with Gasteiger partial charge in [-0.2, -0.15) is 0 Å². The first kappa shape index (κ1) is 16.8. The molecule has 1 fully saturated rings. The normalized spacial score (nSPS) is 16.4. The van der Waals surface area contributed by atoms with Crippen LogP contribution in [0.25, 0.3) is 0 Å². The zero-order chi connectivity index (χ0) is 15.2. The Morgan fingerprint density at radius 1 is 1.24 bits per heavy atom. The lowest BCUT2D eigenvalue weighted by Crippen LogP contribution is -2.23. The first-order chi connectivity index (χ1) is 10.1. The fraction of sp³-hybridized carbons (Fsp3) is 0.667. The van der Waals surface area contributed by atoms with Crippen LogP contribution in [0, 0.1) is 12.8 Å². The van der Waals surface area contributed by atoms with Gasteiger partial charge in [-0.05, 0) is 43.4 Å². The second-order valence-corrected chi connectivity index (χ2v) is 7.48. The minimum absolute atomic E-state index is 0.482. The summed E-state index contributed by atoms with van der Waals surface area (Å²) in [7, 11) is 0. The highest BCUT2D eigenvalue weighted by atomic mass is 79.9. The molecule has 0 bridgehead atoms. The lowest BCUT2D eigenvalue weighted by molar-refractivity contribution is 0.206. The van der Waals surface area contributed by atoms with Crippen LogP contribution >= 0.6 is 15.9 Å². The highest BCUT2D eigenvalue weighted by molar-refractivity contribution is 9.10. The fourth-order valence-electron chi connectivity index (χ4n) is 3.01. The Morgan fingerprint density at radius 2 is 1.95 bits per heavy atom. The molecule has 0 atom stereocenters. The van der Waals surface area contributed by atoms with Gasteiger partial charge in [0.25, 0.3) is 0 Å². The Balaban J connectivity index is 2.04. The van der Waals surface area contributed by atoms with E-state index in [1.807, 2.05) is 0 Å². The van der Waals surface area contributed by atoms with Crippen LogP contribution in [0.15, 0.2) is 16.6 Å². The van der Waals surface area contributed by atoms with E-state index in [-0.39, 0.29) is 0 Å². The summed E-state index contributed by atoms with van der Waals surface area (Å²) < 4.78 is 7.36. The summed E-state index contributed by atoms with van der Waals surface area (Å²) in [5.41, 5.74) is 2.48. The molecule has 0 saturated heterocycles. The Kier molecular flexibility index (Phi) is 6.56. The number of aryl methyl sites for hydroxylation is 1. The number of hydrogen-bond acceptors (Lipinski definition) is 2. The van der Waals surface area contributed by atoms with Crippen LogP contribution < -0.4 is 10.1 Å². The Labute approximate surface area is 137 Å². The number of ether oxygens (including phenoxy) is 1. The van der Waals surface area contributed by atoms with Crippen molar-refractivity contribution in [2.75, 3.05) is 6.61 Å². The molecule has 1 aliphatic rings. The van der Waals surface area contributed by atoms with E-state index in [1.165, 1.54) is 43.2 Å². The maximum Gasteiger partial charge on any atom is 0.126 e. The molecule has 1 aliphatic carbocycles. The van der Waals surface area contributed by atoms with Crippen molar-refractivity contribution in [2.45, 2.75) is 65.5 Å². The fourth-order valence-corrected chi connectivity index (χ4v) is 3.63. The number of rotatable bonds is 6. The van der Waals surface area contributed by atoms with Crippen LogP contribution in [0.1, 0.15) is 57.1 Å². The molecule has 2 nitrogen and oxygen atoms in total. The minimum atomic E-state index is 0.482. The molecule has 21 heavy (non-hydrogen) atoms. The molecule has 1 N–H and O–H groups in total. The standard InChI is InChI=1S/C18H28BrNO/c1-13(2)20-11-16-10-17(19)9-14(3)18(16)21-12-15-7-5-4-6-8-15/h9-10,13,15,20H,4-8,11-12H2,1-3H3. The molecule has 0 aromatic heterocycles. The van der Waals surface area contributed by atoms with Crippen LogP contribution in [0.2, 0.25) is 0 Å². The van der Waals surface area contributed by atoms with Gasteiger partial charge in [-0.3, -0.25) is 0 Å². The summed E-state index contributed by atoms with van der Waals surface area (Å²) >= 11 is 3.60. The maximum atomic E-state index is 6.23. The molecular formula is C18H28BrNO. The van der Waals surface area contributed by atoms with E-state index >= 15 is 0 Å². The van der Waals surface area contributed by atoms with E-state index in [0.29, 0.717) is 6.04 Å². The van der Waals surface area contributed by atoms with Gasteiger partial charge in [0.1, 0.15) is 5.75 Å². The van der Waals surface area contributed by atoms with Gasteiger partial charge in [0, 0.05) is 22.6 Å². The first-order valence-corrected chi connectivity index (χ1v) is 9.00. The van der Waals surface area contributed by atoms with Crippen molar-refractivity contribution in [3.8, 4) is 5.75 Å². The van der Waals surface area contributed by atoms with Gasteiger partial charge in [0.05, 0.1) is 6.61 Å². The molecule has 0 amide bonds. The predicted octanol–water partition coefficient (Wildman–Crippen LogP) is 5.21. The van der Waals surface area contributed by atoms with Crippen molar-refractivity contribution in [3.63, 3.8) is 0 Å². The third-order valence-electron chi connectivity index (χ3n) is 4.21. The second-order valence-electron chi connectivity index (χ2n) is 6.56. The number of nitrogens with one attached hydrogen (secondary N) is 1. The molecule has 118 valence electrons. The van der Waals surface area contributed by atoms with Crippen LogP contribution in [-0.2, 0) is 6.54 Å². The molecule has 1 aromatic carbocycles. The summed E-state index contributed by atoms with van der Waals surface area (Å²) in [6, 6.07) is 4.81. The van der Waals surface area contributed by atoms with Crippen LogP contribution in [0.5, 0.6) is 5.75 Å². The van der Waals surface area contributed by atoms with Crippen LogP contribution in [-0.4, -0.2) is 12.6 Å². The smallest absolute Gasteiger partial charge is 0.126 e. The molecule has 1 saturated carbocycles. The molecule has 0 aliphatic heterocycles. The van der Waals surface area contributed by atoms with E-state index < -0.39 is 0 Å². The molecule has 0 unspecified atom stereocenters. The van der Waals surface area contributed by atoms with E-state index in [4.69, 9.17) is 4.74 Å². The molecule has 2 rings (SSSR count). The molecular weight excluding hydrogens is 326 g/mol. The van der Waals surface area contributed by atoms with Crippen molar-refractivity contribution >= 4 is 15.9 Å².